The number of hydrogen-bond acceptors (Lipinski definition) is 3. The number of nitrogens with zero attached hydrogens (tertiary/aromatic N) is 2. The fourth-order valence-electron chi connectivity index (χ4n) is 1.24. The Morgan fingerprint density at radius 2 is 2.12 bits per heavy atom. The topological polar surface area (TPSA) is 36.7 Å². The van der Waals surface area contributed by atoms with Crippen LogP contribution in [-0.4, -0.2) is 4.98 Å². The number of aromatic nitrogens is 1. The first kappa shape index (κ1) is 12.4. The molecule has 1 aromatic heterocycles. The van der Waals surface area contributed by atoms with Gasteiger partial charge in [0.1, 0.15) is 10.2 Å². The lowest BCUT2D eigenvalue weighted by Gasteiger charge is -2.02. The number of rotatable bonds is 2. The van der Waals surface area contributed by atoms with Crippen LogP contribution in [0.15, 0.2) is 50.8 Å². The first-order valence-corrected chi connectivity index (χ1v) is 6.67. The average Bonchev–Trinajstić information content (AvgIpc) is 2.28. The third-order valence-corrected chi connectivity index (χ3v) is 3.51. The molecule has 0 aliphatic rings. The van der Waals surface area contributed by atoms with E-state index in [0.717, 1.165) is 9.37 Å². The number of hydrogen-bond donors (Lipinski definition) is 0. The van der Waals surface area contributed by atoms with Crippen LogP contribution < -0.4 is 0 Å². The van der Waals surface area contributed by atoms with E-state index in [1.807, 2.05) is 24.3 Å². The lowest BCUT2D eigenvalue weighted by atomic mass is 10.3. The molecule has 0 spiro atoms. The van der Waals surface area contributed by atoms with E-state index < -0.39 is 0 Å². The highest BCUT2D eigenvalue weighted by atomic mass is 79.9. The summed E-state index contributed by atoms with van der Waals surface area (Å²) in [6.07, 6.45) is 0. The standard InChI is InChI=1S/C12H6BrClN2S/c13-9-2-1-3-10(6-9)17-12-5-8(7-15)4-11(14)16-12/h1-6H. The highest BCUT2D eigenvalue weighted by Gasteiger charge is 2.03. The molecule has 2 nitrogen and oxygen atoms in total. The van der Waals surface area contributed by atoms with Crippen LogP contribution >= 0.6 is 39.3 Å². The summed E-state index contributed by atoms with van der Waals surface area (Å²) in [5.41, 5.74) is 0.516. The maximum absolute atomic E-state index is 8.84. The summed E-state index contributed by atoms with van der Waals surface area (Å²) in [6.45, 7) is 0. The van der Waals surface area contributed by atoms with E-state index >= 15 is 0 Å². The van der Waals surface area contributed by atoms with Crippen LogP contribution in [0, 0.1) is 11.3 Å². The lowest BCUT2D eigenvalue weighted by Crippen LogP contribution is -1.84. The summed E-state index contributed by atoms with van der Waals surface area (Å²) in [5, 5.41) is 9.89. The molecule has 0 aliphatic carbocycles. The Morgan fingerprint density at radius 1 is 1.29 bits per heavy atom. The fraction of sp³-hybridized carbons (Fsp3) is 0. The van der Waals surface area contributed by atoms with Crippen LogP contribution in [0.5, 0.6) is 0 Å². The van der Waals surface area contributed by atoms with Crippen molar-refractivity contribution < 1.29 is 0 Å². The predicted octanol–water partition coefficient (Wildman–Crippen LogP) is 4.52. The molecule has 2 rings (SSSR count). The van der Waals surface area contributed by atoms with Gasteiger partial charge < -0.3 is 0 Å². The minimum atomic E-state index is 0.335. The molecule has 0 fully saturated rings. The van der Waals surface area contributed by atoms with Crippen molar-refractivity contribution in [1.82, 2.24) is 4.98 Å². The first-order chi connectivity index (χ1) is 8.17. The van der Waals surface area contributed by atoms with Gasteiger partial charge >= 0.3 is 0 Å². The molecular weight excluding hydrogens is 320 g/mol. The largest absolute Gasteiger partial charge is 0.229 e. The normalized spacial score (nSPS) is 9.94. The Bertz CT molecular complexity index is 595. The summed E-state index contributed by atoms with van der Waals surface area (Å²) >= 11 is 10.7. The van der Waals surface area contributed by atoms with E-state index in [-0.39, 0.29) is 0 Å². The maximum Gasteiger partial charge on any atom is 0.131 e. The van der Waals surface area contributed by atoms with Gasteiger partial charge in [0.15, 0.2) is 0 Å². The summed E-state index contributed by atoms with van der Waals surface area (Å²) in [5.74, 6) is 0. The van der Waals surface area contributed by atoms with Gasteiger partial charge in [-0.05, 0) is 30.3 Å². The van der Waals surface area contributed by atoms with E-state index in [2.05, 4.69) is 27.0 Å². The first-order valence-electron chi connectivity index (χ1n) is 4.68. The van der Waals surface area contributed by atoms with Gasteiger partial charge in [-0.25, -0.2) is 4.98 Å². The summed E-state index contributed by atoms with van der Waals surface area (Å²) in [4.78, 5) is 5.21. The summed E-state index contributed by atoms with van der Waals surface area (Å²) in [6, 6.07) is 13.2. The van der Waals surface area contributed by atoms with Gasteiger partial charge in [-0.2, -0.15) is 5.26 Å². The number of nitriles is 1. The summed E-state index contributed by atoms with van der Waals surface area (Å²) in [7, 11) is 0. The van der Waals surface area contributed by atoms with Crippen molar-refractivity contribution in [2.75, 3.05) is 0 Å². The molecule has 0 N–H and O–H groups in total. The smallest absolute Gasteiger partial charge is 0.131 e. The van der Waals surface area contributed by atoms with Gasteiger partial charge in [-0.3, -0.25) is 0 Å². The predicted molar refractivity (Wildman–Crippen MR) is 72.2 cm³/mol. The van der Waals surface area contributed by atoms with Crippen molar-refractivity contribution in [3.8, 4) is 6.07 Å². The van der Waals surface area contributed by atoms with Gasteiger partial charge in [-0.1, -0.05) is 45.4 Å². The quantitative estimate of drug-likeness (QED) is 0.762. The highest BCUT2D eigenvalue weighted by Crippen LogP contribution is 2.29. The molecule has 0 unspecified atom stereocenters. The van der Waals surface area contributed by atoms with Crippen LogP contribution in [-0.2, 0) is 0 Å². The number of benzene rings is 1. The molecule has 0 bridgehead atoms. The second kappa shape index (κ2) is 5.54. The minimum Gasteiger partial charge on any atom is -0.229 e. The SMILES string of the molecule is N#Cc1cc(Cl)nc(Sc2cccc(Br)c2)c1. The van der Waals surface area contributed by atoms with Crippen molar-refractivity contribution in [1.29, 1.82) is 5.26 Å². The molecule has 84 valence electrons. The molecular formula is C12H6BrClN2S. The van der Waals surface area contributed by atoms with Gasteiger partial charge in [-0.15, -0.1) is 0 Å². The molecule has 0 radical (unpaired) electrons. The van der Waals surface area contributed by atoms with Crippen LogP contribution in [0.25, 0.3) is 0 Å². The van der Waals surface area contributed by atoms with E-state index in [1.54, 1.807) is 12.1 Å². The fourth-order valence-corrected chi connectivity index (χ4v) is 2.95. The van der Waals surface area contributed by atoms with Gasteiger partial charge in [0.05, 0.1) is 11.6 Å². The van der Waals surface area contributed by atoms with Crippen LogP contribution in [0.2, 0.25) is 5.15 Å². The third kappa shape index (κ3) is 3.47. The molecule has 1 heterocycles. The molecule has 0 saturated heterocycles. The third-order valence-electron chi connectivity index (χ3n) is 1.92. The zero-order valence-corrected chi connectivity index (χ0v) is 11.7. The van der Waals surface area contributed by atoms with Gasteiger partial charge in [0, 0.05) is 9.37 Å². The lowest BCUT2D eigenvalue weighted by molar-refractivity contribution is 1.12. The van der Waals surface area contributed by atoms with Crippen molar-refractivity contribution in [3.05, 3.63) is 51.6 Å². The van der Waals surface area contributed by atoms with Crippen molar-refractivity contribution >= 4 is 39.3 Å². The Labute approximate surface area is 117 Å². The zero-order valence-electron chi connectivity index (χ0n) is 8.52. The molecule has 0 aliphatic heterocycles. The molecule has 0 saturated carbocycles. The number of halogens is 2. The zero-order chi connectivity index (χ0) is 12.3. The second-order valence-electron chi connectivity index (χ2n) is 3.19. The van der Waals surface area contributed by atoms with Crippen molar-refractivity contribution in [2.45, 2.75) is 9.92 Å². The Balaban J connectivity index is 2.30. The van der Waals surface area contributed by atoms with E-state index in [9.17, 15) is 0 Å². The average molecular weight is 326 g/mol. The minimum absolute atomic E-state index is 0.335. The van der Waals surface area contributed by atoms with Crippen LogP contribution in [0.1, 0.15) is 5.56 Å². The van der Waals surface area contributed by atoms with Crippen molar-refractivity contribution in [3.63, 3.8) is 0 Å². The van der Waals surface area contributed by atoms with E-state index in [4.69, 9.17) is 16.9 Å². The molecule has 0 atom stereocenters. The molecule has 17 heavy (non-hydrogen) atoms. The highest BCUT2D eigenvalue weighted by molar-refractivity contribution is 9.10. The Morgan fingerprint density at radius 3 is 2.82 bits per heavy atom. The van der Waals surface area contributed by atoms with E-state index in [1.165, 1.54) is 11.8 Å². The second-order valence-corrected chi connectivity index (χ2v) is 5.58. The van der Waals surface area contributed by atoms with Gasteiger partial charge in [0.25, 0.3) is 0 Å². The Hall–Kier alpha value is -1.02. The Kier molecular flexibility index (Phi) is 4.06. The maximum atomic E-state index is 8.84. The molecule has 0 amide bonds. The number of pyridine rings is 1. The monoisotopic (exact) mass is 324 g/mol. The van der Waals surface area contributed by atoms with E-state index in [0.29, 0.717) is 15.7 Å². The van der Waals surface area contributed by atoms with Crippen molar-refractivity contribution in [2.24, 2.45) is 0 Å². The van der Waals surface area contributed by atoms with Gasteiger partial charge in [0.2, 0.25) is 0 Å². The van der Waals surface area contributed by atoms with Crippen LogP contribution in [0.3, 0.4) is 0 Å². The van der Waals surface area contributed by atoms with Crippen LogP contribution in [0.4, 0.5) is 0 Å². The molecule has 1 aromatic carbocycles. The summed E-state index contributed by atoms with van der Waals surface area (Å²) < 4.78 is 1.00. The molecule has 5 heteroatoms. The molecule has 2 aromatic rings.